The number of hydrogen-bond acceptors (Lipinski definition) is 5. The zero-order chi connectivity index (χ0) is 15.4. The molecule has 3 fully saturated rings. The molecule has 2 amide bonds. The SMILES string of the molecule is Cl.O=C(CC1NCCN(CC2CCCO2)C1=O)N1CCOCC1. The summed E-state index contributed by atoms with van der Waals surface area (Å²) in [5.41, 5.74) is 0. The lowest BCUT2D eigenvalue weighted by atomic mass is 10.1. The summed E-state index contributed by atoms with van der Waals surface area (Å²) >= 11 is 0. The van der Waals surface area contributed by atoms with Gasteiger partial charge in [0.1, 0.15) is 0 Å². The van der Waals surface area contributed by atoms with E-state index in [0.29, 0.717) is 39.4 Å². The van der Waals surface area contributed by atoms with Crippen molar-refractivity contribution in [1.29, 1.82) is 0 Å². The van der Waals surface area contributed by atoms with Crippen molar-refractivity contribution in [1.82, 2.24) is 15.1 Å². The van der Waals surface area contributed by atoms with Crippen molar-refractivity contribution in [3.05, 3.63) is 0 Å². The van der Waals surface area contributed by atoms with Gasteiger partial charge in [-0.1, -0.05) is 0 Å². The lowest BCUT2D eigenvalue weighted by molar-refractivity contribution is -0.143. The molecule has 23 heavy (non-hydrogen) atoms. The molecular formula is C15H26ClN3O4. The predicted molar refractivity (Wildman–Crippen MR) is 86.6 cm³/mol. The third-order valence-electron chi connectivity index (χ3n) is 4.57. The maximum Gasteiger partial charge on any atom is 0.240 e. The van der Waals surface area contributed by atoms with Crippen LogP contribution in [-0.2, 0) is 19.1 Å². The van der Waals surface area contributed by atoms with Gasteiger partial charge in [0.2, 0.25) is 11.8 Å². The fourth-order valence-electron chi connectivity index (χ4n) is 3.28. The minimum absolute atomic E-state index is 0. The first-order valence-corrected chi connectivity index (χ1v) is 8.23. The molecule has 0 bridgehead atoms. The molecule has 3 rings (SSSR count). The van der Waals surface area contributed by atoms with E-state index < -0.39 is 6.04 Å². The molecule has 0 aromatic rings. The van der Waals surface area contributed by atoms with Crippen LogP contribution in [-0.4, -0.2) is 86.3 Å². The molecule has 7 nitrogen and oxygen atoms in total. The van der Waals surface area contributed by atoms with Crippen molar-refractivity contribution in [2.45, 2.75) is 31.4 Å². The van der Waals surface area contributed by atoms with E-state index in [9.17, 15) is 9.59 Å². The van der Waals surface area contributed by atoms with Crippen LogP contribution < -0.4 is 5.32 Å². The Morgan fingerprint density at radius 2 is 2.00 bits per heavy atom. The molecule has 3 aliphatic rings. The number of nitrogens with one attached hydrogen (secondary N) is 1. The number of amides is 2. The first-order chi connectivity index (χ1) is 10.7. The van der Waals surface area contributed by atoms with Gasteiger partial charge < -0.3 is 24.6 Å². The highest BCUT2D eigenvalue weighted by Gasteiger charge is 2.33. The van der Waals surface area contributed by atoms with Gasteiger partial charge in [0.15, 0.2) is 0 Å². The minimum Gasteiger partial charge on any atom is -0.378 e. The number of ether oxygens (including phenoxy) is 2. The second-order valence-electron chi connectivity index (χ2n) is 6.12. The van der Waals surface area contributed by atoms with Crippen LogP contribution in [0.25, 0.3) is 0 Å². The average molecular weight is 348 g/mol. The van der Waals surface area contributed by atoms with Crippen molar-refractivity contribution >= 4 is 24.2 Å². The smallest absolute Gasteiger partial charge is 0.240 e. The van der Waals surface area contributed by atoms with E-state index in [1.54, 1.807) is 4.90 Å². The van der Waals surface area contributed by atoms with Crippen LogP contribution in [0.3, 0.4) is 0 Å². The summed E-state index contributed by atoms with van der Waals surface area (Å²) in [6, 6.07) is -0.398. The molecule has 132 valence electrons. The topological polar surface area (TPSA) is 71.1 Å². The second kappa shape index (κ2) is 8.82. The Hall–Kier alpha value is -0.890. The minimum atomic E-state index is -0.398. The molecule has 8 heteroatoms. The highest BCUT2D eigenvalue weighted by atomic mass is 35.5. The molecule has 3 saturated heterocycles. The van der Waals surface area contributed by atoms with Crippen molar-refractivity contribution in [2.75, 3.05) is 52.5 Å². The normalized spacial score (nSPS) is 28.6. The zero-order valence-electron chi connectivity index (χ0n) is 13.4. The Bertz CT molecular complexity index is 412. The molecule has 1 N–H and O–H groups in total. The Morgan fingerprint density at radius 1 is 1.22 bits per heavy atom. The van der Waals surface area contributed by atoms with Crippen LogP contribution in [0.2, 0.25) is 0 Å². The van der Waals surface area contributed by atoms with Crippen molar-refractivity contribution in [2.24, 2.45) is 0 Å². The molecule has 0 aliphatic carbocycles. The fraction of sp³-hybridized carbons (Fsp3) is 0.867. The van der Waals surface area contributed by atoms with Gasteiger partial charge in [0.25, 0.3) is 0 Å². The Morgan fingerprint density at radius 3 is 2.70 bits per heavy atom. The molecule has 3 aliphatic heterocycles. The molecular weight excluding hydrogens is 322 g/mol. The maximum absolute atomic E-state index is 12.5. The standard InChI is InChI=1S/C15H25N3O4.ClH/c19-14(17-5-8-21-9-6-17)10-13-15(20)18(4-3-16-13)11-12-2-1-7-22-12;/h12-13,16H,1-11H2;1H. The molecule has 0 aromatic heterocycles. The summed E-state index contributed by atoms with van der Waals surface area (Å²) in [6.07, 6.45) is 2.50. The number of carbonyl (C=O) groups excluding carboxylic acids is 2. The Balaban J connectivity index is 0.00000192. The Kier molecular flexibility index (Phi) is 7.08. The van der Waals surface area contributed by atoms with Crippen LogP contribution in [0.4, 0.5) is 0 Å². The van der Waals surface area contributed by atoms with E-state index in [1.165, 1.54) is 0 Å². The van der Waals surface area contributed by atoms with Gasteiger partial charge >= 0.3 is 0 Å². The third kappa shape index (κ3) is 4.79. The molecule has 3 heterocycles. The van der Waals surface area contributed by atoms with Gasteiger partial charge in [-0.3, -0.25) is 9.59 Å². The third-order valence-corrected chi connectivity index (χ3v) is 4.57. The highest BCUT2D eigenvalue weighted by molar-refractivity contribution is 5.89. The molecule has 0 radical (unpaired) electrons. The van der Waals surface area contributed by atoms with E-state index >= 15 is 0 Å². The summed E-state index contributed by atoms with van der Waals surface area (Å²) < 4.78 is 10.9. The Labute approximate surface area is 143 Å². The average Bonchev–Trinajstić information content (AvgIpc) is 3.05. The van der Waals surface area contributed by atoms with Gasteiger partial charge in [-0.2, -0.15) is 0 Å². The number of hydrogen-bond donors (Lipinski definition) is 1. The van der Waals surface area contributed by atoms with Crippen LogP contribution in [0, 0.1) is 0 Å². The zero-order valence-corrected chi connectivity index (χ0v) is 14.2. The van der Waals surface area contributed by atoms with E-state index in [4.69, 9.17) is 9.47 Å². The van der Waals surface area contributed by atoms with Crippen LogP contribution in [0.5, 0.6) is 0 Å². The lowest BCUT2D eigenvalue weighted by Crippen LogP contribution is -2.58. The quantitative estimate of drug-likeness (QED) is 0.752. The van der Waals surface area contributed by atoms with E-state index in [0.717, 1.165) is 26.0 Å². The molecule has 0 aromatic carbocycles. The van der Waals surface area contributed by atoms with Crippen LogP contribution >= 0.6 is 12.4 Å². The number of piperazine rings is 1. The molecule has 2 unspecified atom stereocenters. The highest BCUT2D eigenvalue weighted by Crippen LogP contribution is 2.16. The monoisotopic (exact) mass is 347 g/mol. The molecule has 0 spiro atoms. The summed E-state index contributed by atoms with van der Waals surface area (Å²) in [5, 5.41) is 3.18. The van der Waals surface area contributed by atoms with Crippen molar-refractivity contribution in [3.63, 3.8) is 0 Å². The van der Waals surface area contributed by atoms with Gasteiger partial charge in [-0.05, 0) is 12.8 Å². The lowest BCUT2D eigenvalue weighted by Gasteiger charge is -2.35. The number of nitrogens with zero attached hydrogens (tertiary/aromatic N) is 2. The first-order valence-electron chi connectivity index (χ1n) is 8.23. The number of carbonyl (C=O) groups is 2. The summed E-state index contributed by atoms with van der Waals surface area (Å²) in [5.74, 6) is 0.0662. The predicted octanol–water partition coefficient (Wildman–Crippen LogP) is -0.363. The van der Waals surface area contributed by atoms with Crippen LogP contribution in [0.1, 0.15) is 19.3 Å². The van der Waals surface area contributed by atoms with E-state index in [-0.39, 0.29) is 36.7 Å². The van der Waals surface area contributed by atoms with Gasteiger partial charge in [0.05, 0.1) is 31.8 Å². The maximum atomic E-state index is 12.5. The molecule has 0 saturated carbocycles. The first kappa shape index (κ1) is 18.4. The van der Waals surface area contributed by atoms with Gasteiger partial charge in [-0.25, -0.2) is 0 Å². The number of rotatable bonds is 4. The van der Waals surface area contributed by atoms with E-state index in [1.807, 2.05) is 4.90 Å². The van der Waals surface area contributed by atoms with Crippen molar-refractivity contribution < 1.29 is 19.1 Å². The second-order valence-corrected chi connectivity index (χ2v) is 6.12. The molecule has 2 atom stereocenters. The summed E-state index contributed by atoms with van der Waals surface area (Å²) in [6.45, 7) is 5.30. The van der Waals surface area contributed by atoms with Gasteiger partial charge in [0, 0.05) is 39.3 Å². The summed E-state index contributed by atoms with van der Waals surface area (Å²) in [7, 11) is 0. The largest absolute Gasteiger partial charge is 0.378 e. The van der Waals surface area contributed by atoms with Crippen molar-refractivity contribution in [3.8, 4) is 0 Å². The van der Waals surface area contributed by atoms with Crippen LogP contribution in [0.15, 0.2) is 0 Å². The summed E-state index contributed by atoms with van der Waals surface area (Å²) in [4.78, 5) is 28.5. The number of halogens is 1. The van der Waals surface area contributed by atoms with Gasteiger partial charge in [-0.15, -0.1) is 12.4 Å². The van der Waals surface area contributed by atoms with E-state index in [2.05, 4.69) is 5.32 Å². The fourth-order valence-corrected chi connectivity index (χ4v) is 3.28. The number of morpholine rings is 1.